The minimum absolute atomic E-state index is 0.590. The molecule has 0 spiro atoms. The van der Waals surface area contributed by atoms with Crippen molar-refractivity contribution in [1.82, 2.24) is 4.98 Å². The van der Waals surface area contributed by atoms with E-state index in [1.807, 2.05) is 0 Å². The maximum atomic E-state index is 5.50. The van der Waals surface area contributed by atoms with E-state index >= 15 is 0 Å². The van der Waals surface area contributed by atoms with Gasteiger partial charge in [0.2, 0.25) is 0 Å². The molecule has 3 heteroatoms. The van der Waals surface area contributed by atoms with Gasteiger partial charge in [0.1, 0.15) is 5.01 Å². The fourth-order valence-corrected chi connectivity index (χ4v) is 2.51. The number of nitrogens with zero attached hydrogens (tertiary/aromatic N) is 1. The van der Waals surface area contributed by atoms with Crippen molar-refractivity contribution in [2.45, 2.75) is 32.2 Å². The van der Waals surface area contributed by atoms with E-state index in [4.69, 9.17) is 5.73 Å². The second-order valence-electron chi connectivity index (χ2n) is 3.64. The Kier molecular flexibility index (Phi) is 2.15. The van der Waals surface area contributed by atoms with Crippen molar-refractivity contribution >= 4 is 11.3 Å². The Hall–Kier alpha value is -0.410. The van der Waals surface area contributed by atoms with Crippen molar-refractivity contribution in [3.63, 3.8) is 0 Å². The summed E-state index contributed by atoms with van der Waals surface area (Å²) in [6.07, 6.45) is 2.63. The first-order valence-electron chi connectivity index (χ1n) is 4.44. The predicted molar refractivity (Wildman–Crippen MR) is 51.1 cm³/mol. The molecule has 1 saturated carbocycles. The third-order valence-electron chi connectivity index (χ3n) is 2.54. The van der Waals surface area contributed by atoms with Crippen LogP contribution in [0, 0.1) is 5.92 Å². The molecule has 0 saturated heterocycles. The van der Waals surface area contributed by atoms with Gasteiger partial charge in [-0.2, -0.15) is 0 Å². The van der Waals surface area contributed by atoms with Crippen LogP contribution < -0.4 is 5.73 Å². The van der Waals surface area contributed by atoms with E-state index in [2.05, 4.69) is 17.3 Å². The molecule has 0 radical (unpaired) electrons. The molecule has 0 bridgehead atoms. The summed E-state index contributed by atoms with van der Waals surface area (Å²) in [7, 11) is 0. The van der Waals surface area contributed by atoms with Gasteiger partial charge in [0.15, 0.2) is 0 Å². The van der Waals surface area contributed by atoms with Gasteiger partial charge in [-0.3, -0.25) is 0 Å². The highest BCUT2D eigenvalue weighted by molar-refractivity contribution is 7.09. The fourth-order valence-electron chi connectivity index (χ4n) is 1.75. The highest BCUT2D eigenvalue weighted by Gasteiger charge is 2.28. The summed E-state index contributed by atoms with van der Waals surface area (Å²) in [5.41, 5.74) is 6.77. The molecule has 1 aliphatic carbocycles. The summed E-state index contributed by atoms with van der Waals surface area (Å²) < 4.78 is 0. The van der Waals surface area contributed by atoms with E-state index in [-0.39, 0.29) is 0 Å². The molecule has 0 aliphatic heterocycles. The summed E-state index contributed by atoms with van der Waals surface area (Å²) in [6.45, 7) is 2.89. The van der Waals surface area contributed by atoms with Crippen molar-refractivity contribution in [2.75, 3.05) is 0 Å². The van der Waals surface area contributed by atoms with Crippen LogP contribution in [0.15, 0.2) is 5.38 Å². The van der Waals surface area contributed by atoms with Crippen LogP contribution in [0.25, 0.3) is 0 Å². The number of hydrogen-bond acceptors (Lipinski definition) is 3. The van der Waals surface area contributed by atoms with E-state index in [1.165, 1.54) is 18.5 Å². The molecule has 12 heavy (non-hydrogen) atoms. The molecular formula is C9H14N2S. The van der Waals surface area contributed by atoms with Crippen molar-refractivity contribution < 1.29 is 0 Å². The van der Waals surface area contributed by atoms with Crippen molar-refractivity contribution in [2.24, 2.45) is 11.7 Å². The normalized spacial score (nSPS) is 28.5. The van der Waals surface area contributed by atoms with Crippen LogP contribution in [-0.4, -0.2) is 4.98 Å². The molecule has 0 aromatic carbocycles. The molecule has 1 aromatic rings. The zero-order valence-corrected chi connectivity index (χ0v) is 8.10. The van der Waals surface area contributed by atoms with Gasteiger partial charge in [-0.25, -0.2) is 4.98 Å². The molecule has 0 atom stereocenters. The quantitative estimate of drug-likeness (QED) is 0.761. The molecule has 1 aromatic heterocycles. The van der Waals surface area contributed by atoms with Crippen LogP contribution in [0.3, 0.4) is 0 Å². The summed E-state index contributed by atoms with van der Waals surface area (Å²) in [6, 6.07) is 0. The third kappa shape index (κ3) is 1.39. The minimum atomic E-state index is 0.590. The van der Waals surface area contributed by atoms with Crippen LogP contribution in [0.1, 0.15) is 36.4 Å². The monoisotopic (exact) mass is 182 g/mol. The number of aromatic nitrogens is 1. The topological polar surface area (TPSA) is 38.9 Å². The summed E-state index contributed by atoms with van der Waals surface area (Å²) in [5, 5.41) is 3.24. The molecule has 1 aliphatic rings. The van der Waals surface area contributed by atoms with Gasteiger partial charge in [0.05, 0.1) is 5.69 Å². The lowest BCUT2D eigenvalue weighted by Crippen LogP contribution is -2.19. The maximum Gasteiger partial charge on any atom is 0.106 e. The summed E-state index contributed by atoms with van der Waals surface area (Å²) in [4.78, 5) is 4.48. The van der Waals surface area contributed by atoms with E-state index in [9.17, 15) is 0 Å². The Bertz CT molecular complexity index is 263. The summed E-state index contributed by atoms with van der Waals surface area (Å²) in [5.74, 6) is 1.63. The Morgan fingerprint density at radius 1 is 1.67 bits per heavy atom. The first kappa shape index (κ1) is 8.20. The van der Waals surface area contributed by atoms with Gasteiger partial charge in [-0.15, -0.1) is 11.3 Å². The number of rotatable bonds is 2. The molecule has 1 fully saturated rings. The largest absolute Gasteiger partial charge is 0.325 e. The zero-order chi connectivity index (χ0) is 8.55. The number of hydrogen-bond donors (Lipinski definition) is 1. The Morgan fingerprint density at radius 2 is 2.42 bits per heavy atom. The average molecular weight is 182 g/mol. The van der Waals surface area contributed by atoms with E-state index < -0.39 is 0 Å². The first-order valence-corrected chi connectivity index (χ1v) is 5.32. The lowest BCUT2D eigenvalue weighted by atomic mass is 9.75. The highest BCUT2D eigenvalue weighted by Crippen LogP contribution is 2.41. The maximum absolute atomic E-state index is 5.50. The smallest absolute Gasteiger partial charge is 0.106 e. The van der Waals surface area contributed by atoms with Gasteiger partial charge >= 0.3 is 0 Å². The van der Waals surface area contributed by atoms with Crippen molar-refractivity contribution in [3.8, 4) is 0 Å². The molecular weight excluding hydrogens is 168 g/mol. The first-order chi connectivity index (χ1) is 5.79. The van der Waals surface area contributed by atoms with Crippen LogP contribution in [0.4, 0.5) is 0 Å². The lowest BCUT2D eigenvalue weighted by Gasteiger charge is -2.31. The second-order valence-corrected chi connectivity index (χ2v) is 4.59. The molecule has 2 nitrogen and oxygen atoms in total. The van der Waals surface area contributed by atoms with Gasteiger partial charge in [-0.05, 0) is 18.8 Å². The van der Waals surface area contributed by atoms with Crippen molar-refractivity contribution in [1.29, 1.82) is 0 Å². The van der Waals surface area contributed by atoms with Crippen LogP contribution in [-0.2, 0) is 6.54 Å². The third-order valence-corrected chi connectivity index (χ3v) is 3.43. The standard InChI is InChI=1S/C9H14N2S/c1-6-2-7(3-6)8-5-12-9(4-10)11-8/h5-7H,2-4,10H2,1H3. The zero-order valence-electron chi connectivity index (χ0n) is 7.29. The highest BCUT2D eigenvalue weighted by atomic mass is 32.1. The lowest BCUT2D eigenvalue weighted by molar-refractivity contribution is 0.284. The van der Waals surface area contributed by atoms with Crippen LogP contribution >= 0.6 is 11.3 Å². The van der Waals surface area contributed by atoms with E-state index in [0.717, 1.165) is 16.8 Å². The van der Waals surface area contributed by atoms with Gasteiger partial charge < -0.3 is 5.73 Å². The SMILES string of the molecule is CC1CC(c2csc(CN)n2)C1. The molecule has 66 valence electrons. The van der Waals surface area contributed by atoms with Gasteiger partial charge in [-0.1, -0.05) is 6.92 Å². The molecule has 0 unspecified atom stereocenters. The van der Waals surface area contributed by atoms with Crippen LogP contribution in [0.5, 0.6) is 0 Å². The molecule has 0 amide bonds. The number of thiazole rings is 1. The molecule has 1 heterocycles. The Balaban J connectivity index is 2.04. The van der Waals surface area contributed by atoms with Gasteiger partial charge in [0.25, 0.3) is 0 Å². The second kappa shape index (κ2) is 3.15. The van der Waals surface area contributed by atoms with Crippen LogP contribution in [0.2, 0.25) is 0 Å². The molecule has 2 N–H and O–H groups in total. The predicted octanol–water partition coefficient (Wildman–Crippen LogP) is 2.12. The average Bonchev–Trinajstić information content (AvgIpc) is 2.46. The Labute approximate surface area is 76.8 Å². The fraction of sp³-hybridized carbons (Fsp3) is 0.667. The Morgan fingerprint density at radius 3 is 2.92 bits per heavy atom. The number of nitrogens with two attached hydrogens (primary N) is 1. The molecule has 2 rings (SSSR count). The summed E-state index contributed by atoms with van der Waals surface area (Å²) >= 11 is 1.69. The van der Waals surface area contributed by atoms with Crippen molar-refractivity contribution in [3.05, 3.63) is 16.1 Å². The van der Waals surface area contributed by atoms with Gasteiger partial charge in [0, 0.05) is 17.8 Å². The van der Waals surface area contributed by atoms with E-state index in [1.54, 1.807) is 11.3 Å². The minimum Gasteiger partial charge on any atom is -0.325 e. The van der Waals surface area contributed by atoms with E-state index in [0.29, 0.717) is 6.54 Å².